The zero-order valence-electron chi connectivity index (χ0n) is 18.2. The summed E-state index contributed by atoms with van der Waals surface area (Å²) in [6.07, 6.45) is 1.85. The van der Waals surface area contributed by atoms with Gasteiger partial charge >= 0.3 is 5.97 Å². The van der Waals surface area contributed by atoms with Crippen LogP contribution in [0.4, 0.5) is 5.69 Å². The monoisotopic (exact) mass is 475 g/mol. The lowest BCUT2D eigenvalue weighted by Crippen LogP contribution is -2.40. The summed E-state index contributed by atoms with van der Waals surface area (Å²) in [6.45, 7) is 0.658. The zero-order valence-corrected chi connectivity index (χ0v) is 19.0. The molecular formula is C22H25N3O7S. The largest absolute Gasteiger partial charge is 0.497 e. The molecule has 33 heavy (non-hydrogen) atoms. The van der Waals surface area contributed by atoms with Crippen molar-refractivity contribution in [3.8, 4) is 5.75 Å². The van der Waals surface area contributed by atoms with Crippen LogP contribution in [0.5, 0.6) is 5.75 Å². The molecule has 1 unspecified atom stereocenters. The number of ether oxygens (including phenoxy) is 2. The number of methoxy groups -OCH3 is 1. The van der Waals surface area contributed by atoms with Crippen molar-refractivity contribution in [2.45, 2.75) is 36.7 Å². The standard InChI is InChI=1S/C22H25N3O7S/c1-14(25-33(29,30)17-11-9-16(31-2)10-12-17)22(28)32-13-20(26)24-19-6-4-3-5-18(19)21(27)23-15-7-8-15/h3-6,9-12,14-15,25H,7-8,13H2,1-2H3,(H,23,27)(H,24,26). The molecule has 1 aliphatic carbocycles. The van der Waals surface area contributed by atoms with Crippen molar-refractivity contribution in [3.05, 3.63) is 54.1 Å². The molecule has 2 aromatic rings. The lowest BCUT2D eigenvalue weighted by molar-refractivity contribution is -0.148. The van der Waals surface area contributed by atoms with E-state index in [0.29, 0.717) is 11.3 Å². The predicted molar refractivity (Wildman–Crippen MR) is 119 cm³/mol. The van der Waals surface area contributed by atoms with Gasteiger partial charge in [-0.3, -0.25) is 14.4 Å². The van der Waals surface area contributed by atoms with Gasteiger partial charge in [0.15, 0.2) is 6.61 Å². The molecule has 1 fully saturated rings. The molecule has 1 atom stereocenters. The van der Waals surface area contributed by atoms with E-state index in [9.17, 15) is 22.8 Å². The van der Waals surface area contributed by atoms with Gasteiger partial charge in [-0.05, 0) is 56.2 Å². The topological polar surface area (TPSA) is 140 Å². The third kappa shape index (κ3) is 6.77. The Labute approximate surface area is 191 Å². The number of carbonyl (C=O) groups is 3. The first-order chi connectivity index (χ1) is 15.7. The van der Waals surface area contributed by atoms with Crippen LogP contribution in [0.2, 0.25) is 0 Å². The van der Waals surface area contributed by atoms with E-state index in [1.54, 1.807) is 24.3 Å². The van der Waals surface area contributed by atoms with Crippen molar-refractivity contribution in [3.63, 3.8) is 0 Å². The van der Waals surface area contributed by atoms with Crippen molar-refractivity contribution >= 4 is 33.5 Å². The van der Waals surface area contributed by atoms with E-state index in [1.807, 2.05) is 0 Å². The van der Waals surface area contributed by atoms with Crippen LogP contribution in [0.1, 0.15) is 30.1 Å². The third-order valence-corrected chi connectivity index (χ3v) is 6.32. The van der Waals surface area contributed by atoms with Gasteiger partial charge in [0.2, 0.25) is 10.0 Å². The van der Waals surface area contributed by atoms with Crippen LogP contribution in [0.15, 0.2) is 53.4 Å². The average molecular weight is 476 g/mol. The molecule has 11 heteroatoms. The molecule has 10 nitrogen and oxygen atoms in total. The van der Waals surface area contributed by atoms with Gasteiger partial charge in [0, 0.05) is 6.04 Å². The van der Waals surface area contributed by atoms with E-state index in [2.05, 4.69) is 15.4 Å². The second kappa shape index (κ2) is 10.5. The van der Waals surface area contributed by atoms with Gasteiger partial charge in [-0.15, -0.1) is 0 Å². The number of anilines is 1. The molecule has 1 aliphatic rings. The van der Waals surface area contributed by atoms with Gasteiger partial charge in [0.25, 0.3) is 11.8 Å². The van der Waals surface area contributed by atoms with Crippen LogP contribution in [-0.2, 0) is 24.3 Å². The number of amides is 2. The second-order valence-corrected chi connectivity index (χ2v) is 9.18. The molecule has 3 rings (SSSR count). The van der Waals surface area contributed by atoms with E-state index in [4.69, 9.17) is 9.47 Å². The Morgan fingerprint density at radius 1 is 1.06 bits per heavy atom. The molecule has 0 radical (unpaired) electrons. The van der Waals surface area contributed by atoms with Crippen molar-refractivity contribution in [2.24, 2.45) is 0 Å². The van der Waals surface area contributed by atoms with Crippen molar-refractivity contribution in [1.29, 1.82) is 0 Å². The zero-order chi connectivity index (χ0) is 24.0. The van der Waals surface area contributed by atoms with Gasteiger partial charge in [-0.2, -0.15) is 4.72 Å². The number of carbonyl (C=O) groups excluding carboxylic acids is 3. The second-order valence-electron chi connectivity index (χ2n) is 7.47. The summed E-state index contributed by atoms with van der Waals surface area (Å²) in [5, 5.41) is 5.38. The Kier molecular flexibility index (Phi) is 7.67. The number of benzene rings is 2. The van der Waals surface area contributed by atoms with Crippen LogP contribution in [0, 0.1) is 0 Å². The molecular weight excluding hydrogens is 450 g/mol. The number of para-hydroxylation sites is 1. The number of rotatable bonds is 10. The fourth-order valence-corrected chi connectivity index (χ4v) is 4.02. The highest BCUT2D eigenvalue weighted by atomic mass is 32.2. The molecule has 0 spiro atoms. The molecule has 176 valence electrons. The number of hydrogen-bond acceptors (Lipinski definition) is 7. The molecule has 2 amide bonds. The van der Waals surface area contributed by atoms with E-state index in [-0.39, 0.29) is 22.5 Å². The van der Waals surface area contributed by atoms with Crippen LogP contribution in [0.3, 0.4) is 0 Å². The van der Waals surface area contributed by atoms with E-state index < -0.39 is 34.5 Å². The van der Waals surface area contributed by atoms with Gasteiger partial charge in [0.1, 0.15) is 11.8 Å². The Balaban J connectivity index is 1.52. The molecule has 0 heterocycles. The fraction of sp³-hybridized carbons (Fsp3) is 0.318. The lowest BCUT2D eigenvalue weighted by Gasteiger charge is -2.15. The lowest BCUT2D eigenvalue weighted by atomic mass is 10.1. The van der Waals surface area contributed by atoms with E-state index in [1.165, 1.54) is 38.3 Å². The molecule has 0 aromatic heterocycles. The van der Waals surface area contributed by atoms with Gasteiger partial charge in [-0.1, -0.05) is 12.1 Å². The van der Waals surface area contributed by atoms with Crippen molar-refractivity contribution in [2.75, 3.05) is 19.0 Å². The summed E-state index contributed by atoms with van der Waals surface area (Å²) in [5.74, 6) is -1.41. The number of nitrogens with one attached hydrogen (secondary N) is 3. The third-order valence-electron chi connectivity index (χ3n) is 4.76. The average Bonchev–Trinajstić information content (AvgIpc) is 3.61. The van der Waals surface area contributed by atoms with E-state index in [0.717, 1.165) is 12.8 Å². The summed E-state index contributed by atoms with van der Waals surface area (Å²) in [4.78, 5) is 36.7. The summed E-state index contributed by atoms with van der Waals surface area (Å²) < 4.78 is 37.0. The normalized spacial score (nSPS) is 14.1. The van der Waals surface area contributed by atoms with E-state index >= 15 is 0 Å². The fourth-order valence-electron chi connectivity index (χ4n) is 2.83. The quantitative estimate of drug-likeness (QED) is 0.442. The summed E-state index contributed by atoms with van der Waals surface area (Å²) in [7, 11) is -2.53. The minimum atomic E-state index is -3.99. The van der Waals surface area contributed by atoms with Crippen LogP contribution in [0.25, 0.3) is 0 Å². The minimum Gasteiger partial charge on any atom is -0.497 e. The first-order valence-electron chi connectivity index (χ1n) is 10.2. The maximum Gasteiger partial charge on any atom is 0.324 e. The minimum absolute atomic E-state index is 0.0539. The molecule has 0 bridgehead atoms. The maximum absolute atomic E-state index is 12.4. The number of sulfonamides is 1. The van der Waals surface area contributed by atoms with Gasteiger partial charge in [0.05, 0.1) is 23.3 Å². The Morgan fingerprint density at radius 2 is 1.73 bits per heavy atom. The SMILES string of the molecule is COc1ccc(S(=O)(=O)NC(C)C(=O)OCC(=O)Nc2ccccc2C(=O)NC2CC2)cc1. The molecule has 0 saturated heterocycles. The first kappa shape index (κ1) is 24.2. The van der Waals surface area contributed by atoms with Crippen molar-refractivity contribution < 1.29 is 32.3 Å². The van der Waals surface area contributed by atoms with Gasteiger partial charge < -0.3 is 20.1 Å². The van der Waals surface area contributed by atoms with Crippen LogP contribution < -0.4 is 20.1 Å². The highest BCUT2D eigenvalue weighted by Crippen LogP contribution is 2.21. The first-order valence-corrected chi connectivity index (χ1v) is 11.7. The summed E-state index contributed by atoms with van der Waals surface area (Å²) in [5.41, 5.74) is 0.578. The maximum atomic E-state index is 12.4. The van der Waals surface area contributed by atoms with Gasteiger partial charge in [-0.25, -0.2) is 8.42 Å². The summed E-state index contributed by atoms with van der Waals surface area (Å²) in [6, 6.07) is 11.0. The molecule has 1 saturated carbocycles. The number of hydrogen-bond donors (Lipinski definition) is 3. The molecule has 2 aromatic carbocycles. The van der Waals surface area contributed by atoms with Crippen LogP contribution >= 0.6 is 0 Å². The van der Waals surface area contributed by atoms with Crippen LogP contribution in [-0.4, -0.2) is 52.0 Å². The number of esters is 1. The molecule has 0 aliphatic heterocycles. The van der Waals surface area contributed by atoms with Crippen molar-refractivity contribution in [1.82, 2.24) is 10.0 Å². The molecule has 3 N–H and O–H groups in total. The smallest absolute Gasteiger partial charge is 0.324 e. The Bertz CT molecular complexity index is 1130. The predicted octanol–water partition coefficient (Wildman–Crippen LogP) is 1.44. The Morgan fingerprint density at radius 3 is 2.36 bits per heavy atom. The summed E-state index contributed by atoms with van der Waals surface area (Å²) >= 11 is 0. The highest BCUT2D eigenvalue weighted by molar-refractivity contribution is 7.89. The Hall–Kier alpha value is -3.44. The highest BCUT2D eigenvalue weighted by Gasteiger charge is 2.26.